The molecule has 1 saturated heterocycles. The van der Waals surface area contributed by atoms with E-state index in [4.69, 9.17) is 0 Å². The van der Waals surface area contributed by atoms with Crippen molar-refractivity contribution in [3.8, 4) is 11.3 Å². The summed E-state index contributed by atoms with van der Waals surface area (Å²) in [5.41, 5.74) is 3.09. The molecule has 5 rings (SSSR count). The molecule has 160 valence electrons. The summed E-state index contributed by atoms with van der Waals surface area (Å²) in [4.78, 5) is 15.1. The summed E-state index contributed by atoms with van der Waals surface area (Å²) in [6, 6.07) is 25.6. The van der Waals surface area contributed by atoms with Crippen molar-refractivity contribution in [3.63, 3.8) is 0 Å². The SMILES string of the molecule is O=C(Nc1cccc(-c2ccc(N3CCCCCC3)nn2)c1)c1ccc2ccccc2c1. The summed E-state index contributed by atoms with van der Waals surface area (Å²) in [6.45, 7) is 2.09. The topological polar surface area (TPSA) is 58.1 Å². The number of nitrogens with one attached hydrogen (secondary N) is 1. The number of carbonyl (C=O) groups excluding carboxylic acids is 1. The normalized spacial score (nSPS) is 14.2. The third kappa shape index (κ3) is 4.47. The van der Waals surface area contributed by atoms with Gasteiger partial charge in [0.05, 0.1) is 5.69 Å². The molecule has 5 nitrogen and oxygen atoms in total. The molecule has 0 bridgehead atoms. The molecule has 1 aliphatic rings. The Morgan fingerprint density at radius 2 is 1.56 bits per heavy atom. The second kappa shape index (κ2) is 9.18. The molecule has 1 aliphatic heterocycles. The molecule has 0 atom stereocenters. The fourth-order valence-electron chi connectivity index (χ4n) is 4.24. The van der Waals surface area contributed by atoms with E-state index in [0.717, 1.165) is 46.6 Å². The monoisotopic (exact) mass is 422 g/mol. The van der Waals surface area contributed by atoms with E-state index in [1.54, 1.807) is 0 Å². The van der Waals surface area contributed by atoms with Gasteiger partial charge in [-0.2, -0.15) is 0 Å². The van der Waals surface area contributed by atoms with Gasteiger partial charge in [-0.05, 0) is 60.0 Å². The van der Waals surface area contributed by atoms with E-state index in [1.807, 2.05) is 78.9 Å². The molecule has 0 aliphatic carbocycles. The largest absolute Gasteiger partial charge is 0.355 e. The van der Waals surface area contributed by atoms with Gasteiger partial charge in [0, 0.05) is 29.9 Å². The van der Waals surface area contributed by atoms with Crippen LogP contribution in [0.3, 0.4) is 0 Å². The molecule has 5 heteroatoms. The van der Waals surface area contributed by atoms with Crippen LogP contribution >= 0.6 is 0 Å². The van der Waals surface area contributed by atoms with Crippen molar-refractivity contribution in [3.05, 3.63) is 84.4 Å². The Morgan fingerprint density at radius 1 is 0.750 bits per heavy atom. The second-order valence-corrected chi connectivity index (χ2v) is 8.27. The van der Waals surface area contributed by atoms with E-state index in [0.29, 0.717) is 5.56 Å². The molecule has 32 heavy (non-hydrogen) atoms. The number of nitrogens with zero attached hydrogens (tertiary/aromatic N) is 3. The van der Waals surface area contributed by atoms with Crippen LogP contribution in [0.25, 0.3) is 22.0 Å². The van der Waals surface area contributed by atoms with Crippen molar-refractivity contribution in [2.75, 3.05) is 23.3 Å². The fraction of sp³-hybridized carbons (Fsp3) is 0.222. The lowest BCUT2D eigenvalue weighted by molar-refractivity contribution is 0.102. The number of hydrogen-bond acceptors (Lipinski definition) is 4. The number of carbonyl (C=O) groups is 1. The van der Waals surface area contributed by atoms with Gasteiger partial charge < -0.3 is 10.2 Å². The first kappa shape index (κ1) is 20.2. The Kier molecular flexibility index (Phi) is 5.79. The van der Waals surface area contributed by atoms with Crippen molar-refractivity contribution in [2.24, 2.45) is 0 Å². The van der Waals surface area contributed by atoms with Crippen molar-refractivity contribution in [1.82, 2.24) is 10.2 Å². The molecule has 1 amide bonds. The third-order valence-corrected chi connectivity index (χ3v) is 6.01. The standard InChI is InChI=1S/C27H26N4O/c32-27(23-13-12-20-8-3-4-9-21(20)18-23)28-24-11-7-10-22(19-24)25-14-15-26(30-29-25)31-16-5-1-2-6-17-31/h3-4,7-15,18-19H,1-2,5-6,16-17H2,(H,28,32). The van der Waals surface area contributed by atoms with Crippen LogP contribution in [-0.2, 0) is 0 Å². The highest BCUT2D eigenvalue weighted by Gasteiger charge is 2.12. The summed E-state index contributed by atoms with van der Waals surface area (Å²) in [7, 11) is 0. The predicted octanol–water partition coefficient (Wildman–Crippen LogP) is 5.93. The molecule has 1 N–H and O–H groups in total. The minimum Gasteiger partial charge on any atom is -0.355 e. The van der Waals surface area contributed by atoms with Crippen LogP contribution in [0, 0.1) is 0 Å². The average molecular weight is 423 g/mol. The van der Waals surface area contributed by atoms with E-state index in [1.165, 1.54) is 25.7 Å². The van der Waals surface area contributed by atoms with Gasteiger partial charge in [-0.3, -0.25) is 4.79 Å². The summed E-state index contributed by atoms with van der Waals surface area (Å²) in [6.07, 6.45) is 5.00. The zero-order chi connectivity index (χ0) is 21.8. The number of hydrogen-bond donors (Lipinski definition) is 1. The van der Waals surface area contributed by atoms with Crippen LogP contribution in [0.2, 0.25) is 0 Å². The highest BCUT2D eigenvalue weighted by Crippen LogP contribution is 2.24. The van der Waals surface area contributed by atoms with E-state index in [-0.39, 0.29) is 5.91 Å². The zero-order valence-corrected chi connectivity index (χ0v) is 18.0. The first-order valence-electron chi connectivity index (χ1n) is 11.3. The summed E-state index contributed by atoms with van der Waals surface area (Å²) in [5, 5.41) is 14.1. The van der Waals surface area contributed by atoms with Crippen LogP contribution in [0.5, 0.6) is 0 Å². The zero-order valence-electron chi connectivity index (χ0n) is 18.0. The highest BCUT2D eigenvalue weighted by atomic mass is 16.1. The molecule has 1 fully saturated rings. The van der Waals surface area contributed by atoms with Gasteiger partial charge >= 0.3 is 0 Å². The fourth-order valence-corrected chi connectivity index (χ4v) is 4.24. The van der Waals surface area contributed by atoms with Gasteiger partial charge in [0.1, 0.15) is 0 Å². The summed E-state index contributed by atoms with van der Waals surface area (Å²) < 4.78 is 0. The minimum absolute atomic E-state index is 0.129. The van der Waals surface area contributed by atoms with Crippen LogP contribution in [0.15, 0.2) is 78.9 Å². The van der Waals surface area contributed by atoms with Crippen molar-refractivity contribution in [2.45, 2.75) is 25.7 Å². The van der Waals surface area contributed by atoms with Gasteiger partial charge in [0.2, 0.25) is 0 Å². The van der Waals surface area contributed by atoms with Crippen LogP contribution < -0.4 is 10.2 Å². The molecule has 3 aromatic carbocycles. The predicted molar refractivity (Wildman–Crippen MR) is 130 cm³/mol. The van der Waals surface area contributed by atoms with Crippen molar-refractivity contribution in [1.29, 1.82) is 0 Å². The van der Waals surface area contributed by atoms with E-state index in [9.17, 15) is 4.79 Å². The Hall–Kier alpha value is -3.73. The maximum Gasteiger partial charge on any atom is 0.255 e. The second-order valence-electron chi connectivity index (χ2n) is 8.27. The molecule has 0 unspecified atom stereocenters. The molecule has 2 heterocycles. The molecule has 0 saturated carbocycles. The van der Waals surface area contributed by atoms with Crippen molar-refractivity contribution >= 4 is 28.2 Å². The van der Waals surface area contributed by atoms with Gasteiger partial charge in [0.15, 0.2) is 5.82 Å². The smallest absolute Gasteiger partial charge is 0.255 e. The van der Waals surface area contributed by atoms with E-state index < -0.39 is 0 Å². The molecule has 4 aromatic rings. The van der Waals surface area contributed by atoms with Gasteiger partial charge in [0.25, 0.3) is 5.91 Å². The lowest BCUT2D eigenvalue weighted by Crippen LogP contribution is -2.25. The number of amides is 1. The quantitative estimate of drug-likeness (QED) is 0.443. The molecule has 1 aromatic heterocycles. The Morgan fingerprint density at radius 3 is 2.34 bits per heavy atom. The number of fused-ring (bicyclic) bond motifs is 1. The molecular formula is C27H26N4O. The van der Waals surface area contributed by atoms with Crippen LogP contribution in [0.1, 0.15) is 36.0 Å². The van der Waals surface area contributed by atoms with Gasteiger partial charge in [-0.1, -0.05) is 55.3 Å². The van der Waals surface area contributed by atoms with E-state index >= 15 is 0 Å². The first-order chi connectivity index (χ1) is 15.8. The van der Waals surface area contributed by atoms with Crippen molar-refractivity contribution < 1.29 is 4.79 Å². The Balaban J connectivity index is 1.32. The van der Waals surface area contributed by atoms with Crippen LogP contribution in [0.4, 0.5) is 11.5 Å². The number of rotatable bonds is 4. The highest BCUT2D eigenvalue weighted by molar-refractivity contribution is 6.06. The van der Waals surface area contributed by atoms with E-state index in [2.05, 4.69) is 20.4 Å². The van der Waals surface area contributed by atoms with Gasteiger partial charge in [-0.15, -0.1) is 10.2 Å². The number of anilines is 2. The Labute approximate surface area is 188 Å². The molecular weight excluding hydrogens is 396 g/mol. The lowest BCUT2D eigenvalue weighted by Gasteiger charge is -2.20. The summed E-state index contributed by atoms with van der Waals surface area (Å²) in [5.74, 6) is 0.812. The average Bonchev–Trinajstić information content (AvgIpc) is 3.14. The Bertz CT molecular complexity index is 1230. The van der Waals surface area contributed by atoms with Crippen LogP contribution in [-0.4, -0.2) is 29.2 Å². The maximum absolute atomic E-state index is 12.8. The number of aromatic nitrogens is 2. The first-order valence-corrected chi connectivity index (χ1v) is 11.3. The third-order valence-electron chi connectivity index (χ3n) is 6.01. The maximum atomic E-state index is 12.8. The molecule has 0 spiro atoms. The summed E-state index contributed by atoms with van der Waals surface area (Å²) >= 11 is 0. The van der Waals surface area contributed by atoms with Gasteiger partial charge in [-0.25, -0.2) is 0 Å². The number of benzene rings is 3. The minimum atomic E-state index is -0.129. The molecule has 0 radical (unpaired) electrons. The lowest BCUT2D eigenvalue weighted by atomic mass is 10.1.